The molecule has 1 aliphatic heterocycles. The topological polar surface area (TPSA) is 95.6 Å². The van der Waals surface area contributed by atoms with E-state index in [1.54, 1.807) is 31.3 Å². The zero-order valence-corrected chi connectivity index (χ0v) is 14.5. The standard InChI is InChI=1S/C19H21N3O4/c1-20-17(24)12-6-8-13(9-7-12)21-16(23)10-11-22-18(25)14-4-2-3-5-15(14)19(22)26/h2-3,6-9,14-15H,4-5,10-11H2,1H3,(H,20,24)(H,21,23)/t14-,15-/m1/s1. The summed E-state index contributed by atoms with van der Waals surface area (Å²) in [6.45, 7) is 0.0901. The summed E-state index contributed by atoms with van der Waals surface area (Å²) >= 11 is 0. The smallest absolute Gasteiger partial charge is 0.251 e. The molecule has 0 spiro atoms. The van der Waals surface area contributed by atoms with Gasteiger partial charge in [-0.3, -0.25) is 24.1 Å². The number of anilines is 1. The molecule has 136 valence electrons. The molecule has 0 unspecified atom stereocenters. The van der Waals surface area contributed by atoms with Crippen LogP contribution in [0.15, 0.2) is 36.4 Å². The van der Waals surface area contributed by atoms with Gasteiger partial charge in [0.25, 0.3) is 5.91 Å². The van der Waals surface area contributed by atoms with Gasteiger partial charge in [-0.15, -0.1) is 0 Å². The first-order valence-electron chi connectivity index (χ1n) is 8.63. The van der Waals surface area contributed by atoms with Crippen molar-refractivity contribution in [3.8, 4) is 0 Å². The second-order valence-electron chi connectivity index (χ2n) is 6.44. The molecule has 26 heavy (non-hydrogen) atoms. The Kier molecular flexibility index (Phi) is 5.16. The van der Waals surface area contributed by atoms with Gasteiger partial charge in [-0.1, -0.05) is 12.2 Å². The minimum absolute atomic E-state index is 0.0432. The van der Waals surface area contributed by atoms with Crippen LogP contribution in [0.25, 0.3) is 0 Å². The molecule has 0 aromatic heterocycles. The summed E-state index contributed by atoms with van der Waals surface area (Å²) in [6, 6.07) is 6.49. The number of benzene rings is 1. The largest absolute Gasteiger partial charge is 0.355 e. The third-order valence-corrected chi connectivity index (χ3v) is 4.82. The van der Waals surface area contributed by atoms with Crippen molar-refractivity contribution in [3.05, 3.63) is 42.0 Å². The van der Waals surface area contributed by atoms with Crippen molar-refractivity contribution in [2.24, 2.45) is 11.8 Å². The number of carbonyl (C=O) groups is 4. The van der Waals surface area contributed by atoms with Crippen molar-refractivity contribution >= 4 is 29.3 Å². The number of rotatable bonds is 5. The maximum atomic E-state index is 12.4. The fourth-order valence-electron chi connectivity index (χ4n) is 3.38. The lowest BCUT2D eigenvalue weighted by molar-refractivity contribution is -0.140. The van der Waals surface area contributed by atoms with E-state index in [-0.39, 0.29) is 48.4 Å². The second kappa shape index (κ2) is 7.51. The van der Waals surface area contributed by atoms with Gasteiger partial charge in [0.2, 0.25) is 17.7 Å². The van der Waals surface area contributed by atoms with Crippen LogP contribution >= 0.6 is 0 Å². The van der Waals surface area contributed by atoms with Gasteiger partial charge in [-0.2, -0.15) is 0 Å². The SMILES string of the molecule is CNC(=O)c1ccc(NC(=O)CCN2C(=O)[C@@H]3CC=CC[C@H]3C2=O)cc1. The third-order valence-electron chi connectivity index (χ3n) is 4.82. The van der Waals surface area contributed by atoms with Crippen molar-refractivity contribution in [2.75, 3.05) is 18.9 Å². The molecule has 1 fully saturated rings. The molecule has 1 aromatic carbocycles. The monoisotopic (exact) mass is 355 g/mol. The molecule has 1 saturated heterocycles. The highest BCUT2D eigenvalue weighted by atomic mass is 16.2. The predicted octanol–water partition coefficient (Wildman–Crippen LogP) is 1.33. The van der Waals surface area contributed by atoms with Gasteiger partial charge in [0, 0.05) is 31.3 Å². The molecule has 7 nitrogen and oxygen atoms in total. The number of fused-ring (bicyclic) bond motifs is 1. The number of imide groups is 1. The molecule has 1 aromatic rings. The van der Waals surface area contributed by atoms with Crippen molar-refractivity contribution < 1.29 is 19.2 Å². The van der Waals surface area contributed by atoms with Crippen LogP contribution in [0.3, 0.4) is 0 Å². The van der Waals surface area contributed by atoms with Crippen LogP contribution in [-0.2, 0) is 14.4 Å². The Morgan fingerprint density at radius 2 is 1.62 bits per heavy atom. The predicted molar refractivity (Wildman–Crippen MR) is 95.2 cm³/mol. The Morgan fingerprint density at radius 1 is 1.04 bits per heavy atom. The molecule has 0 bridgehead atoms. The average molecular weight is 355 g/mol. The van der Waals surface area contributed by atoms with E-state index >= 15 is 0 Å². The van der Waals surface area contributed by atoms with Crippen molar-refractivity contribution in [3.63, 3.8) is 0 Å². The average Bonchev–Trinajstić information content (AvgIpc) is 2.91. The van der Waals surface area contributed by atoms with E-state index in [9.17, 15) is 19.2 Å². The van der Waals surface area contributed by atoms with Crippen molar-refractivity contribution in [1.82, 2.24) is 10.2 Å². The number of hydrogen-bond acceptors (Lipinski definition) is 4. The van der Waals surface area contributed by atoms with Crippen LogP contribution < -0.4 is 10.6 Å². The number of amides is 4. The highest BCUT2D eigenvalue weighted by Gasteiger charge is 2.46. The lowest BCUT2D eigenvalue weighted by atomic mass is 9.85. The molecule has 0 radical (unpaired) electrons. The molecule has 4 amide bonds. The van der Waals surface area contributed by atoms with Gasteiger partial charge < -0.3 is 10.6 Å². The summed E-state index contributed by atoms with van der Waals surface area (Å²) in [7, 11) is 1.55. The maximum absolute atomic E-state index is 12.4. The minimum atomic E-state index is -0.286. The van der Waals surface area contributed by atoms with Gasteiger partial charge >= 0.3 is 0 Å². The highest BCUT2D eigenvalue weighted by molar-refractivity contribution is 6.06. The fraction of sp³-hybridized carbons (Fsp3) is 0.368. The first-order valence-corrected chi connectivity index (χ1v) is 8.63. The van der Waals surface area contributed by atoms with Gasteiger partial charge in [0.1, 0.15) is 0 Å². The number of carbonyl (C=O) groups excluding carboxylic acids is 4. The number of likely N-dealkylation sites (tertiary alicyclic amines) is 1. The molecule has 2 atom stereocenters. The third kappa shape index (κ3) is 3.51. The van der Waals surface area contributed by atoms with Crippen LogP contribution in [0.4, 0.5) is 5.69 Å². The van der Waals surface area contributed by atoms with Crippen LogP contribution in [0, 0.1) is 11.8 Å². The number of nitrogens with one attached hydrogen (secondary N) is 2. The molecule has 2 N–H and O–H groups in total. The van der Waals surface area contributed by atoms with E-state index < -0.39 is 0 Å². The lowest BCUT2D eigenvalue weighted by Gasteiger charge is -2.14. The molecule has 3 rings (SSSR count). The first kappa shape index (κ1) is 17.8. The van der Waals surface area contributed by atoms with Crippen molar-refractivity contribution in [1.29, 1.82) is 0 Å². The Bertz CT molecular complexity index is 743. The number of allylic oxidation sites excluding steroid dienone is 2. The van der Waals surface area contributed by atoms with Crippen LogP contribution in [0.1, 0.15) is 29.6 Å². The summed E-state index contributed by atoms with van der Waals surface area (Å²) in [6.07, 6.45) is 5.10. The van der Waals surface area contributed by atoms with E-state index in [1.165, 1.54) is 4.90 Å². The molecular formula is C19H21N3O4. The molecule has 1 heterocycles. The van der Waals surface area contributed by atoms with E-state index in [1.807, 2.05) is 12.2 Å². The fourth-order valence-corrected chi connectivity index (χ4v) is 3.38. The normalized spacial score (nSPS) is 21.5. The minimum Gasteiger partial charge on any atom is -0.355 e. The van der Waals surface area contributed by atoms with Crippen LogP contribution in [-0.4, -0.2) is 42.1 Å². The van der Waals surface area contributed by atoms with Gasteiger partial charge in [-0.25, -0.2) is 0 Å². The molecular weight excluding hydrogens is 334 g/mol. The first-order chi connectivity index (χ1) is 12.5. The van der Waals surface area contributed by atoms with Crippen LogP contribution in [0.5, 0.6) is 0 Å². The maximum Gasteiger partial charge on any atom is 0.251 e. The van der Waals surface area contributed by atoms with E-state index in [0.29, 0.717) is 24.1 Å². The van der Waals surface area contributed by atoms with E-state index in [4.69, 9.17) is 0 Å². The molecule has 7 heteroatoms. The Labute approximate surface area is 151 Å². The Balaban J connectivity index is 1.53. The molecule has 0 saturated carbocycles. The zero-order valence-electron chi connectivity index (χ0n) is 14.5. The van der Waals surface area contributed by atoms with Gasteiger partial charge in [-0.05, 0) is 37.1 Å². The second-order valence-corrected chi connectivity index (χ2v) is 6.44. The summed E-state index contributed by atoms with van der Waals surface area (Å²) in [4.78, 5) is 49.5. The Hall–Kier alpha value is -2.96. The highest BCUT2D eigenvalue weighted by Crippen LogP contribution is 2.35. The Morgan fingerprint density at radius 3 is 2.15 bits per heavy atom. The summed E-state index contributed by atoms with van der Waals surface area (Å²) in [5.41, 5.74) is 1.05. The van der Waals surface area contributed by atoms with Gasteiger partial charge in [0.15, 0.2) is 0 Å². The van der Waals surface area contributed by atoms with Gasteiger partial charge in [0.05, 0.1) is 11.8 Å². The molecule has 1 aliphatic carbocycles. The number of hydrogen-bond donors (Lipinski definition) is 2. The number of nitrogens with zero attached hydrogens (tertiary/aromatic N) is 1. The summed E-state index contributed by atoms with van der Waals surface area (Å²) < 4.78 is 0. The van der Waals surface area contributed by atoms with Crippen molar-refractivity contribution in [2.45, 2.75) is 19.3 Å². The lowest BCUT2D eigenvalue weighted by Crippen LogP contribution is -2.34. The van der Waals surface area contributed by atoms with E-state index in [2.05, 4.69) is 10.6 Å². The zero-order chi connectivity index (χ0) is 18.7. The quantitative estimate of drug-likeness (QED) is 0.615. The van der Waals surface area contributed by atoms with E-state index in [0.717, 1.165) is 0 Å². The summed E-state index contributed by atoms with van der Waals surface area (Å²) in [5, 5.41) is 5.23. The molecule has 2 aliphatic rings. The summed E-state index contributed by atoms with van der Waals surface area (Å²) in [5.74, 6) is -1.38. The van der Waals surface area contributed by atoms with Crippen LogP contribution in [0.2, 0.25) is 0 Å².